The summed E-state index contributed by atoms with van der Waals surface area (Å²) < 4.78 is 18.0. The van der Waals surface area contributed by atoms with E-state index in [1.807, 2.05) is 31.2 Å². The molecule has 0 spiro atoms. The summed E-state index contributed by atoms with van der Waals surface area (Å²) in [5, 5.41) is 24.5. The van der Waals surface area contributed by atoms with Gasteiger partial charge in [0.1, 0.15) is 17.7 Å². The van der Waals surface area contributed by atoms with Crippen LogP contribution < -0.4 is 5.32 Å². The molecule has 3 N–H and O–H groups in total. The van der Waals surface area contributed by atoms with E-state index < -0.39 is 11.7 Å². The number of halogens is 1. The lowest BCUT2D eigenvalue weighted by atomic mass is 10.1. The number of nitrogens with one attached hydrogen (secondary N) is 2. The van der Waals surface area contributed by atoms with Crippen LogP contribution in [0.3, 0.4) is 0 Å². The average Bonchev–Trinajstić information content (AvgIpc) is 3.16. The maximum Gasteiger partial charge on any atom is 0.251 e. The van der Waals surface area contributed by atoms with Crippen molar-refractivity contribution in [3.63, 3.8) is 0 Å². The molecule has 26 heavy (non-hydrogen) atoms. The van der Waals surface area contributed by atoms with Crippen LogP contribution in [-0.2, 0) is 6.54 Å². The minimum Gasteiger partial charge on any atom is -0.491 e. The van der Waals surface area contributed by atoms with Crippen LogP contribution in [0.25, 0.3) is 5.70 Å². The fraction of sp³-hybridized carbons (Fsp3) is 0.111. The first-order chi connectivity index (χ1) is 12.5. The highest BCUT2D eigenvalue weighted by Crippen LogP contribution is 2.14. The number of benzene rings is 1. The largest absolute Gasteiger partial charge is 0.491 e. The molecule has 3 aromatic rings. The molecule has 0 fully saturated rings. The molecule has 0 saturated heterocycles. The molecule has 1 aromatic carbocycles. The van der Waals surface area contributed by atoms with E-state index in [4.69, 9.17) is 9.93 Å². The minimum atomic E-state index is -0.945. The highest BCUT2D eigenvalue weighted by atomic mass is 19.1. The Morgan fingerprint density at radius 3 is 2.73 bits per heavy atom. The van der Waals surface area contributed by atoms with Gasteiger partial charge in [-0.3, -0.25) is 5.41 Å². The van der Waals surface area contributed by atoms with Crippen molar-refractivity contribution in [2.24, 2.45) is 0 Å². The average molecular weight is 353 g/mol. The molecule has 0 bridgehead atoms. The Balaban J connectivity index is 1.83. The number of nitrogens with zero attached hydrogens (tertiary/aromatic N) is 3. The molecule has 0 aliphatic carbocycles. The van der Waals surface area contributed by atoms with Crippen molar-refractivity contribution in [3.05, 3.63) is 77.3 Å². The molecule has 7 nitrogen and oxygen atoms in total. The van der Waals surface area contributed by atoms with Gasteiger partial charge in [-0.15, -0.1) is 0 Å². The molecule has 0 atom stereocenters. The summed E-state index contributed by atoms with van der Waals surface area (Å²) in [5.74, 6) is -1.86. The van der Waals surface area contributed by atoms with Crippen molar-refractivity contribution in [2.45, 2.75) is 13.5 Å². The Morgan fingerprint density at radius 1 is 1.31 bits per heavy atom. The molecule has 0 aliphatic heterocycles. The Labute approximate surface area is 148 Å². The number of aromatic nitrogens is 3. The fourth-order valence-electron chi connectivity index (χ4n) is 2.17. The van der Waals surface area contributed by atoms with Crippen LogP contribution in [0.5, 0.6) is 5.88 Å². The lowest BCUT2D eigenvalue weighted by Gasteiger charge is -2.09. The molecule has 0 saturated carbocycles. The zero-order chi connectivity index (χ0) is 18.5. The van der Waals surface area contributed by atoms with E-state index in [-0.39, 0.29) is 11.5 Å². The summed E-state index contributed by atoms with van der Waals surface area (Å²) >= 11 is 0. The third-order valence-electron chi connectivity index (χ3n) is 3.57. The second-order valence-corrected chi connectivity index (χ2v) is 5.56. The van der Waals surface area contributed by atoms with Crippen LogP contribution in [0.2, 0.25) is 0 Å². The van der Waals surface area contributed by atoms with E-state index in [1.54, 1.807) is 6.07 Å². The summed E-state index contributed by atoms with van der Waals surface area (Å²) in [6.45, 7) is 2.51. The summed E-state index contributed by atoms with van der Waals surface area (Å²) in [6, 6.07) is 9.65. The first kappa shape index (κ1) is 17.3. The van der Waals surface area contributed by atoms with E-state index in [0.717, 1.165) is 17.3 Å². The third kappa shape index (κ3) is 4.10. The predicted octanol–water partition coefficient (Wildman–Crippen LogP) is 2.82. The van der Waals surface area contributed by atoms with Gasteiger partial charge in [-0.05, 0) is 18.6 Å². The molecule has 2 heterocycles. The number of hydrogen-bond acceptors (Lipinski definition) is 7. The lowest BCUT2D eigenvalue weighted by Crippen LogP contribution is -2.14. The van der Waals surface area contributed by atoms with Gasteiger partial charge < -0.3 is 14.9 Å². The molecule has 132 valence electrons. The minimum absolute atomic E-state index is 0.109. The van der Waals surface area contributed by atoms with Crippen LogP contribution in [-0.4, -0.2) is 25.9 Å². The lowest BCUT2D eigenvalue weighted by molar-refractivity contribution is 0.407. The van der Waals surface area contributed by atoms with Gasteiger partial charge in [0, 0.05) is 12.6 Å². The second kappa shape index (κ2) is 7.56. The Hall–Kier alpha value is -3.55. The maximum absolute atomic E-state index is 13.1. The summed E-state index contributed by atoms with van der Waals surface area (Å²) in [5.41, 5.74) is 3.10. The normalized spacial score (nSPS) is 11.4. The predicted molar refractivity (Wildman–Crippen MR) is 93.0 cm³/mol. The summed E-state index contributed by atoms with van der Waals surface area (Å²) in [4.78, 5) is 7.28. The van der Waals surface area contributed by atoms with Crippen molar-refractivity contribution in [2.75, 3.05) is 0 Å². The van der Waals surface area contributed by atoms with E-state index in [2.05, 4.69) is 20.4 Å². The number of allylic oxidation sites excluding steroid dienone is 1. The van der Waals surface area contributed by atoms with Crippen molar-refractivity contribution in [1.82, 2.24) is 20.4 Å². The van der Waals surface area contributed by atoms with Crippen molar-refractivity contribution >= 4 is 11.4 Å². The van der Waals surface area contributed by atoms with E-state index >= 15 is 0 Å². The van der Waals surface area contributed by atoms with Crippen molar-refractivity contribution in [1.29, 1.82) is 5.41 Å². The molecule has 8 heteroatoms. The molecule has 2 aromatic heterocycles. The second-order valence-electron chi connectivity index (χ2n) is 5.56. The van der Waals surface area contributed by atoms with Gasteiger partial charge in [0.2, 0.25) is 5.82 Å². The van der Waals surface area contributed by atoms with Crippen LogP contribution in [0.1, 0.15) is 22.6 Å². The van der Waals surface area contributed by atoms with Crippen molar-refractivity contribution in [3.8, 4) is 5.88 Å². The highest BCUT2D eigenvalue weighted by Gasteiger charge is 2.12. The van der Waals surface area contributed by atoms with Crippen LogP contribution in [0.15, 0.2) is 53.4 Å². The number of aryl methyl sites for hydroxylation is 1. The smallest absolute Gasteiger partial charge is 0.251 e. The number of rotatable bonds is 6. The van der Waals surface area contributed by atoms with Crippen LogP contribution in [0, 0.1) is 18.2 Å². The number of hydrogen-bond donors (Lipinski definition) is 3. The zero-order valence-corrected chi connectivity index (χ0v) is 13.9. The standard InChI is InChI=1S/C18H16FN5O2/c1-11-2-4-12(5-3-11)9-21-16(15-6-7-26-24-15)8-14(20)17-22-10-13(19)18(25)23-17/h2-8,10,20-21H,9H2,1H3,(H,22,23,25)/b16-8-,20-14?. The van der Waals surface area contributed by atoms with Gasteiger partial charge in [-0.1, -0.05) is 35.0 Å². The SMILES string of the molecule is Cc1ccc(CN/C(=C\C(=N)c2ncc(F)c(O)n2)c2ccon2)cc1. The summed E-state index contributed by atoms with van der Waals surface area (Å²) in [7, 11) is 0. The van der Waals surface area contributed by atoms with E-state index in [1.165, 1.54) is 12.3 Å². The van der Waals surface area contributed by atoms with E-state index in [9.17, 15) is 9.50 Å². The quantitative estimate of drug-likeness (QED) is 0.588. The number of aromatic hydroxyl groups is 1. The van der Waals surface area contributed by atoms with Gasteiger partial charge in [-0.25, -0.2) is 4.98 Å². The van der Waals surface area contributed by atoms with Gasteiger partial charge >= 0.3 is 0 Å². The fourth-order valence-corrected chi connectivity index (χ4v) is 2.17. The topological polar surface area (TPSA) is 108 Å². The first-order valence-corrected chi connectivity index (χ1v) is 7.75. The van der Waals surface area contributed by atoms with E-state index in [0.29, 0.717) is 17.9 Å². The Kier molecular flexibility index (Phi) is 5.02. The Morgan fingerprint density at radius 2 is 2.08 bits per heavy atom. The molecular weight excluding hydrogens is 337 g/mol. The molecular formula is C18H16FN5O2. The van der Waals surface area contributed by atoms with Gasteiger partial charge in [0.25, 0.3) is 5.88 Å². The summed E-state index contributed by atoms with van der Waals surface area (Å²) in [6.07, 6.45) is 3.68. The van der Waals surface area contributed by atoms with Crippen LogP contribution >= 0.6 is 0 Å². The molecule has 0 aliphatic rings. The zero-order valence-electron chi connectivity index (χ0n) is 13.9. The molecule has 0 unspecified atom stereocenters. The molecule has 0 amide bonds. The monoisotopic (exact) mass is 353 g/mol. The first-order valence-electron chi connectivity index (χ1n) is 7.75. The third-order valence-corrected chi connectivity index (χ3v) is 3.57. The van der Waals surface area contributed by atoms with Crippen LogP contribution in [0.4, 0.5) is 4.39 Å². The van der Waals surface area contributed by atoms with Gasteiger partial charge in [-0.2, -0.15) is 9.37 Å². The maximum atomic E-state index is 13.1. The molecule has 0 radical (unpaired) electrons. The van der Waals surface area contributed by atoms with Gasteiger partial charge in [0.05, 0.1) is 11.9 Å². The molecule has 3 rings (SSSR count). The van der Waals surface area contributed by atoms with Crippen molar-refractivity contribution < 1.29 is 14.0 Å². The highest BCUT2D eigenvalue weighted by molar-refractivity contribution is 6.07. The Bertz CT molecular complexity index is 937. The van der Waals surface area contributed by atoms with Gasteiger partial charge in [0.15, 0.2) is 5.82 Å².